The van der Waals surface area contributed by atoms with Crippen LogP contribution in [0.2, 0.25) is 0 Å². The Bertz CT molecular complexity index is 1150. The number of methoxy groups -OCH3 is 2. The summed E-state index contributed by atoms with van der Waals surface area (Å²) in [6.45, 7) is 6.67. The number of thiocarbonyl (C=S) groups is 1. The topological polar surface area (TPSA) is 106 Å². The molecule has 34 heavy (non-hydrogen) atoms. The molecule has 0 saturated carbocycles. The lowest BCUT2D eigenvalue weighted by atomic mass is 9.81. The second-order valence-electron chi connectivity index (χ2n) is 8.33. The van der Waals surface area contributed by atoms with E-state index < -0.39 is 10.0 Å². The predicted molar refractivity (Wildman–Crippen MR) is 137 cm³/mol. The van der Waals surface area contributed by atoms with Gasteiger partial charge in [0.2, 0.25) is 0 Å². The minimum Gasteiger partial charge on any atom is -0.496 e. The molecule has 0 aromatic heterocycles. The molecule has 8 nitrogen and oxygen atoms in total. The molecule has 2 aromatic rings. The van der Waals surface area contributed by atoms with Gasteiger partial charge in [-0.1, -0.05) is 32.9 Å². The van der Waals surface area contributed by atoms with Crippen molar-refractivity contribution >= 4 is 33.3 Å². The predicted octanol–water partition coefficient (Wildman–Crippen LogP) is 3.15. The Morgan fingerprint density at radius 1 is 1.06 bits per heavy atom. The van der Waals surface area contributed by atoms with Gasteiger partial charge in [-0.25, -0.2) is 8.42 Å². The first kappa shape index (κ1) is 27.4. The minimum atomic E-state index is -3.93. The van der Waals surface area contributed by atoms with Crippen molar-refractivity contribution in [2.45, 2.75) is 43.9 Å². The maximum absolute atomic E-state index is 12.9. The highest BCUT2D eigenvalue weighted by molar-refractivity contribution is 7.92. The van der Waals surface area contributed by atoms with Crippen LogP contribution in [0.4, 0.5) is 0 Å². The standard InChI is InChI=1S/C24H33N3O5S2/c1-7-24(2,3)17-9-11-19(31-5)18(15-17)22(28)26-13-12-16-8-10-20(32-6)21(14-16)34(29,30)27-23(33)25-4/h8-11,14-15H,7,12-13H2,1-6H3,(H,26,28)(H2,25,27,33). The maximum Gasteiger partial charge on any atom is 0.267 e. The average Bonchev–Trinajstić information content (AvgIpc) is 2.82. The van der Waals surface area contributed by atoms with Gasteiger partial charge in [0.25, 0.3) is 15.9 Å². The largest absolute Gasteiger partial charge is 0.496 e. The third kappa shape index (κ3) is 6.60. The summed E-state index contributed by atoms with van der Waals surface area (Å²) in [4.78, 5) is 12.9. The molecule has 0 saturated heterocycles. The Morgan fingerprint density at radius 2 is 1.71 bits per heavy atom. The highest BCUT2D eigenvalue weighted by atomic mass is 32.2. The quantitative estimate of drug-likeness (QED) is 0.424. The molecule has 1 amide bonds. The number of rotatable bonds is 10. The fourth-order valence-electron chi connectivity index (χ4n) is 3.24. The lowest BCUT2D eigenvalue weighted by Crippen LogP contribution is -2.37. The van der Waals surface area contributed by atoms with Crippen molar-refractivity contribution in [3.63, 3.8) is 0 Å². The van der Waals surface area contributed by atoms with E-state index >= 15 is 0 Å². The third-order valence-electron chi connectivity index (χ3n) is 5.78. The maximum atomic E-state index is 12.9. The molecule has 2 rings (SSSR count). The van der Waals surface area contributed by atoms with Crippen molar-refractivity contribution in [3.8, 4) is 11.5 Å². The van der Waals surface area contributed by atoms with Crippen molar-refractivity contribution in [1.29, 1.82) is 0 Å². The van der Waals surface area contributed by atoms with Crippen molar-refractivity contribution < 1.29 is 22.7 Å². The number of benzene rings is 2. The Labute approximate surface area is 207 Å². The fraction of sp³-hybridized carbons (Fsp3) is 0.417. The summed E-state index contributed by atoms with van der Waals surface area (Å²) in [5.41, 5.74) is 2.16. The van der Waals surface area contributed by atoms with Crippen LogP contribution in [0.1, 0.15) is 48.7 Å². The second kappa shape index (κ2) is 11.5. The van der Waals surface area contributed by atoms with E-state index in [1.807, 2.05) is 18.2 Å². The van der Waals surface area contributed by atoms with E-state index in [4.69, 9.17) is 21.7 Å². The van der Waals surface area contributed by atoms with Crippen molar-refractivity contribution in [2.24, 2.45) is 0 Å². The molecule has 2 aromatic carbocycles. The molecule has 0 aliphatic heterocycles. The van der Waals surface area contributed by atoms with Crippen LogP contribution in [0.25, 0.3) is 0 Å². The molecule has 0 atom stereocenters. The van der Waals surface area contributed by atoms with Crippen LogP contribution >= 0.6 is 12.2 Å². The molecule has 0 bridgehead atoms. The molecular formula is C24H33N3O5S2. The first-order valence-corrected chi connectivity index (χ1v) is 12.8. The van der Waals surface area contributed by atoms with E-state index in [-0.39, 0.29) is 27.1 Å². The molecule has 0 radical (unpaired) electrons. The zero-order valence-corrected chi connectivity index (χ0v) is 22.1. The first-order valence-electron chi connectivity index (χ1n) is 10.9. The first-order chi connectivity index (χ1) is 16.0. The Balaban J connectivity index is 2.19. The van der Waals surface area contributed by atoms with Gasteiger partial charge in [0, 0.05) is 13.6 Å². The number of carbonyl (C=O) groups is 1. The van der Waals surface area contributed by atoms with Gasteiger partial charge in [0.05, 0.1) is 19.8 Å². The van der Waals surface area contributed by atoms with Gasteiger partial charge in [0.1, 0.15) is 16.4 Å². The van der Waals surface area contributed by atoms with Crippen molar-refractivity contribution in [1.82, 2.24) is 15.4 Å². The van der Waals surface area contributed by atoms with Crippen LogP contribution in [0.15, 0.2) is 41.3 Å². The highest BCUT2D eigenvalue weighted by Crippen LogP contribution is 2.31. The molecule has 0 heterocycles. The molecule has 186 valence electrons. The van der Waals surface area contributed by atoms with Crippen LogP contribution in [-0.2, 0) is 21.9 Å². The highest BCUT2D eigenvalue weighted by Gasteiger charge is 2.23. The number of hydrogen-bond acceptors (Lipinski definition) is 6. The summed E-state index contributed by atoms with van der Waals surface area (Å²) >= 11 is 4.92. The van der Waals surface area contributed by atoms with Crippen LogP contribution in [0, 0.1) is 0 Å². The van der Waals surface area contributed by atoms with Gasteiger partial charge in [-0.05, 0) is 65.9 Å². The van der Waals surface area contributed by atoms with Gasteiger partial charge in [-0.2, -0.15) is 0 Å². The Morgan fingerprint density at radius 3 is 2.29 bits per heavy atom. The van der Waals surface area contributed by atoms with Gasteiger partial charge in [0.15, 0.2) is 5.11 Å². The van der Waals surface area contributed by atoms with E-state index in [1.165, 1.54) is 27.3 Å². The average molecular weight is 508 g/mol. The summed E-state index contributed by atoms with van der Waals surface area (Å²) in [5.74, 6) is 0.435. The van der Waals surface area contributed by atoms with E-state index in [0.717, 1.165) is 12.0 Å². The fourth-order valence-corrected chi connectivity index (χ4v) is 4.75. The molecule has 0 spiro atoms. The van der Waals surface area contributed by atoms with Gasteiger partial charge in [-0.15, -0.1) is 0 Å². The van der Waals surface area contributed by atoms with Crippen molar-refractivity contribution in [2.75, 3.05) is 27.8 Å². The monoisotopic (exact) mass is 507 g/mol. The molecule has 0 unspecified atom stereocenters. The van der Waals surface area contributed by atoms with E-state index in [0.29, 0.717) is 29.8 Å². The zero-order valence-electron chi connectivity index (χ0n) is 20.4. The Hall–Kier alpha value is -2.85. The SMILES string of the molecule is CCC(C)(C)c1ccc(OC)c(C(=O)NCCc2ccc(OC)c(S(=O)(=O)NC(=S)NC)c2)c1. The molecule has 0 fully saturated rings. The summed E-state index contributed by atoms with van der Waals surface area (Å²) in [6.07, 6.45) is 1.34. The molecule has 10 heteroatoms. The Kier molecular flexibility index (Phi) is 9.29. The van der Waals surface area contributed by atoms with E-state index in [9.17, 15) is 13.2 Å². The molecule has 0 aliphatic carbocycles. The number of ether oxygens (including phenoxy) is 2. The smallest absolute Gasteiger partial charge is 0.267 e. The van der Waals surface area contributed by atoms with Crippen LogP contribution in [-0.4, -0.2) is 47.2 Å². The third-order valence-corrected chi connectivity index (χ3v) is 7.59. The van der Waals surface area contributed by atoms with Crippen molar-refractivity contribution in [3.05, 3.63) is 53.1 Å². The van der Waals surface area contributed by atoms with Gasteiger partial charge in [-0.3, -0.25) is 9.52 Å². The molecule has 3 N–H and O–H groups in total. The lowest BCUT2D eigenvalue weighted by molar-refractivity contribution is 0.0951. The molecular weight excluding hydrogens is 474 g/mol. The van der Waals surface area contributed by atoms with Crippen LogP contribution in [0.3, 0.4) is 0 Å². The second-order valence-corrected chi connectivity index (χ2v) is 10.4. The van der Waals surface area contributed by atoms with Gasteiger partial charge >= 0.3 is 0 Å². The number of carbonyl (C=O) groups excluding carboxylic acids is 1. The van der Waals surface area contributed by atoms with Crippen LogP contribution in [0.5, 0.6) is 11.5 Å². The number of sulfonamides is 1. The van der Waals surface area contributed by atoms with E-state index in [2.05, 4.69) is 36.1 Å². The van der Waals surface area contributed by atoms with Gasteiger partial charge < -0.3 is 20.1 Å². The van der Waals surface area contributed by atoms with E-state index in [1.54, 1.807) is 12.1 Å². The lowest BCUT2D eigenvalue weighted by Gasteiger charge is -2.24. The zero-order chi connectivity index (χ0) is 25.5. The summed E-state index contributed by atoms with van der Waals surface area (Å²) < 4.78 is 38.3. The molecule has 0 aliphatic rings. The van der Waals surface area contributed by atoms with Crippen LogP contribution < -0.4 is 24.8 Å². The minimum absolute atomic E-state index is 0.0258. The normalized spacial score (nSPS) is 11.5. The number of amides is 1. The number of hydrogen-bond donors (Lipinski definition) is 3. The summed E-state index contributed by atoms with van der Waals surface area (Å²) in [7, 11) is 0.515. The number of nitrogens with one attached hydrogen (secondary N) is 3. The summed E-state index contributed by atoms with van der Waals surface area (Å²) in [6, 6.07) is 10.5. The summed E-state index contributed by atoms with van der Waals surface area (Å²) in [5, 5.41) is 5.45.